The first-order valence-corrected chi connectivity index (χ1v) is 15.5. The fourth-order valence-electron chi connectivity index (χ4n) is 7.37. The van der Waals surface area contributed by atoms with Crippen molar-refractivity contribution in [3.05, 3.63) is 60.1 Å². The molecule has 2 fully saturated rings. The number of carbonyl (C=O) groups excluding carboxylic acids is 2. The fourth-order valence-corrected chi connectivity index (χ4v) is 7.37. The molecule has 15 heteroatoms. The predicted molar refractivity (Wildman–Crippen MR) is 171 cm³/mol. The van der Waals surface area contributed by atoms with Gasteiger partial charge in [-0.2, -0.15) is 17.6 Å². The summed E-state index contributed by atoms with van der Waals surface area (Å²) in [6, 6.07) is 5.66. The predicted octanol–water partition coefficient (Wildman–Crippen LogP) is 5.12. The summed E-state index contributed by atoms with van der Waals surface area (Å²) < 4.78 is 61.0. The molecule has 3 amide bonds. The zero-order chi connectivity index (χ0) is 34.0. The van der Waals surface area contributed by atoms with Gasteiger partial charge in [-0.1, -0.05) is 19.9 Å². The lowest BCUT2D eigenvalue weighted by atomic mass is 9.92. The third-order valence-corrected chi connectivity index (χ3v) is 9.34. The molecule has 3 aliphatic heterocycles. The van der Waals surface area contributed by atoms with Gasteiger partial charge in [0.15, 0.2) is 0 Å². The van der Waals surface area contributed by atoms with Crippen molar-refractivity contribution in [1.82, 2.24) is 23.9 Å². The van der Waals surface area contributed by atoms with Crippen LogP contribution in [-0.2, 0) is 24.4 Å². The number of urea groups is 1. The summed E-state index contributed by atoms with van der Waals surface area (Å²) in [6.07, 6.45) is 0.937. The molecule has 0 saturated carbocycles. The van der Waals surface area contributed by atoms with Crippen molar-refractivity contribution in [2.75, 3.05) is 36.5 Å². The smallest absolute Gasteiger partial charge is 0.374 e. The molecule has 6 heterocycles. The van der Waals surface area contributed by atoms with Crippen LogP contribution in [0.15, 0.2) is 48.9 Å². The maximum Gasteiger partial charge on any atom is 0.417 e. The molecule has 0 bridgehead atoms. The second kappa shape index (κ2) is 11.5. The van der Waals surface area contributed by atoms with Crippen LogP contribution in [0.1, 0.15) is 44.2 Å². The largest absolute Gasteiger partial charge is 0.417 e. The van der Waals surface area contributed by atoms with E-state index in [-0.39, 0.29) is 24.4 Å². The molecule has 47 heavy (non-hydrogen) atoms. The highest BCUT2D eigenvalue weighted by molar-refractivity contribution is 6.05. The maximum absolute atomic E-state index is 14.8. The number of alkyl halides is 3. The molecule has 1 spiro atoms. The molecule has 3 aliphatic rings. The van der Waals surface area contributed by atoms with E-state index in [2.05, 4.69) is 4.98 Å². The van der Waals surface area contributed by atoms with Crippen LogP contribution in [0.5, 0.6) is 0 Å². The number of carbonyl (C=O) groups is 2. The van der Waals surface area contributed by atoms with E-state index < -0.39 is 29.3 Å². The summed E-state index contributed by atoms with van der Waals surface area (Å²) in [5.41, 5.74) is 6.44. The van der Waals surface area contributed by atoms with Crippen molar-refractivity contribution >= 4 is 40.0 Å². The maximum atomic E-state index is 14.8. The molecule has 7 rings (SSSR count). The number of anilines is 2. The molecular weight excluding hydrogens is 618 g/mol. The normalized spacial score (nSPS) is 19.7. The quantitative estimate of drug-likeness (QED) is 0.102. The van der Waals surface area contributed by atoms with Crippen LogP contribution in [0.4, 0.5) is 33.9 Å². The molecular formula is C32H37F4N9O2. The van der Waals surface area contributed by atoms with Gasteiger partial charge in [0, 0.05) is 44.5 Å². The van der Waals surface area contributed by atoms with Crippen molar-refractivity contribution in [2.45, 2.75) is 51.2 Å². The van der Waals surface area contributed by atoms with Gasteiger partial charge < -0.3 is 24.5 Å². The second-order valence-corrected chi connectivity index (χ2v) is 12.0. The highest BCUT2D eigenvalue weighted by Gasteiger charge is 2.53. The number of hydrogen-bond acceptors (Lipinski definition) is 6. The summed E-state index contributed by atoms with van der Waals surface area (Å²) in [4.78, 5) is 36.2. The number of benzene rings is 1. The number of nitrogens with zero attached hydrogens (tertiary/aromatic N) is 7. The Hall–Kier alpha value is -4.79. The van der Waals surface area contributed by atoms with Crippen molar-refractivity contribution in [3.63, 3.8) is 0 Å². The van der Waals surface area contributed by atoms with Gasteiger partial charge in [0.1, 0.15) is 11.3 Å². The Bertz CT molecular complexity index is 1930. The van der Waals surface area contributed by atoms with Crippen LogP contribution in [0, 0.1) is 0 Å². The van der Waals surface area contributed by atoms with E-state index in [1.54, 1.807) is 46.3 Å². The van der Waals surface area contributed by atoms with Gasteiger partial charge in [0.05, 0.1) is 53.3 Å². The van der Waals surface area contributed by atoms with E-state index in [1.807, 2.05) is 24.8 Å². The van der Waals surface area contributed by atoms with E-state index in [0.29, 0.717) is 77.2 Å². The third-order valence-electron chi connectivity index (χ3n) is 9.34. The van der Waals surface area contributed by atoms with Crippen LogP contribution in [0.25, 0.3) is 27.7 Å². The van der Waals surface area contributed by atoms with E-state index in [0.717, 1.165) is 11.6 Å². The summed E-state index contributed by atoms with van der Waals surface area (Å²) in [5, 5.41) is 0.576. The number of likely N-dealkylation sites (N-methyl/N-ethyl adjacent to an activating group) is 1. The minimum absolute atomic E-state index is 0.0190. The van der Waals surface area contributed by atoms with Gasteiger partial charge in [0.25, 0.3) is 0 Å². The van der Waals surface area contributed by atoms with Gasteiger partial charge in [-0.25, -0.2) is 20.6 Å². The van der Waals surface area contributed by atoms with Gasteiger partial charge in [-0.15, -0.1) is 0 Å². The number of amides is 3. The minimum Gasteiger partial charge on any atom is -0.374 e. The highest BCUT2D eigenvalue weighted by Crippen LogP contribution is 2.49. The number of fused-ring (bicyclic) bond motifs is 4. The van der Waals surface area contributed by atoms with E-state index >= 15 is 0 Å². The zero-order valence-electron chi connectivity index (χ0n) is 26.6. The molecule has 1 unspecified atom stereocenters. The Morgan fingerprint density at radius 3 is 2.62 bits per heavy atom. The Morgan fingerprint density at radius 1 is 1.17 bits per heavy atom. The second-order valence-electron chi connectivity index (χ2n) is 12.0. The average Bonchev–Trinajstić information content (AvgIpc) is 3.78. The lowest BCUT2D eigenvalue weighted by molar-refractivity contribution is -0.137. The minimum atomic E-state index is -4.65. The van der Waals surface area contributed by atoms with Crippen LogP contribution < -0.4 is 21.4 Å². The standard InChI is InChI=1S/C30H31F4N9O2.C2H6/c1-38-10-6-17-11-22(41-15-29(13-23(41)44)7-4-9-42(29)28(45)43(36)14-21(31)35)40-8-3-5-18(26(17)40)24-19(30(32,33)34)12-20-25(27(24)38)37-16-39(20)2;1-2/h3,5,8,11-12,14,16H,4,6-7,9-10,13,15,35-36H2,1-2H3;1-2H3/b21-14-;. The first-order valence-electron chi connectivity index (χ1n) is 15.5. The number of pyridine rings is 1. The van der Waals surface area contributed by atoms with Crippen LogP contribution in [0.2, 0.25) is 0 Å². The lowest BCUT2D eigenvalue weighted by Crippen LogP contribution is -2.54. The average molecular weight is 656 g/mol. The monoisotopic (exact) mass is 655 g/mol. The van der Waals surface area contributed by atoms with Gasteiger partial charge in [-0.3, -0.25) is 9.69 Å². The molecule has 1 atom stereocenters. The van der Waals surface area contributed by atoms with Gasteiger partial charge >= 0.3 is 12.2 Å². The summed E-state index contributed by atoms with van der Waals surface area (Å²) >= 11 is 0. The number of nitrogens with two attached hydrogens (primary N) is 2. The number of likely N-dealkylation sites (tertiary alicyclic amines) is 1. The Morgan fingerprint density at radius 2 is 1.91 bits per heavy atom. The van der Waals surface area contributed by atoms with Crippen molar-refractivity contribution in [1.29, 1.82) is 0 Å². The summed E-state index contributed by atoms with van der Waals surface area (Å²) in [7, 11) is 3.43. The SMILES string of the molecule is CC.CN1CCc2cc(N3CC4(CCCN4C(=O)N(N)/C=C(\N)F)CC3=O)n3cccc(c23)-c2c(C(F)(F)F)cc3c(ncn3C)c21. The number of aryl methyl sites for hydroxylation is 1. The Balaban J connectivity index is 0.00000190. The molecule has 11 nitrogen and oxygen atoms in total. The molecule has 0 radical (unpaired) electrons. The van der Waals surface area contributed by atoms with Gasteiger partial charge in [0.2, 0.25) is 11.9 Å². The molecule has 3 aromatic heterocycles. The number of hydrogen-bond donors (Lipinski definition) is 2. The van der Waals surface area contributed by atoms with Crippen molar-refractivity contribution in [3.8, 4) is 11.1 Å². The molecule has 1 aromatic carbocycles. The number of aromatic nitrogens is 3. The molecule has 250 valence electrons. The Kier molecular flexibility index (Phi) is 7.85. The number of halogens is 4. The number of rotatable bonds is 2. The molecule has 2 saturated heterocycles. The van der Waals surface area contributed by atoms with Crippen molar-refractivity contribution in [2.24, 2.45) is 18.6 Å². The molecule has 4 N–H and O–H groups in total. The van der Waals surface area contributed by atoms with E-state index in [9.17, 15) is 27.2 Å². The molecule has 4 aromatic rings. The van der Waals surface area contributed by atoms with Crippen molar-refractivity contribution < 1.29 is 27.2 Å². The van der Waals surface area contributed by atoms with Crippen LogP contribution >= 0.6 is 0 Å². The van der Waals surface area contributed by atoms with Crippen LogP contribution in [0.3, 0.4) is 0 Å². The van der Waals surface area contributed by atoms with E-state index in [1.165, 1.54) is 11.2 Å². The lowest BCUT2D eigenvalue weighted by Gasteiger charge is -2.35. The first kappa shape index (κ1) is 32.2. The number of imidazole rings is 1. The highest BCUT2D eigenvalue weighted by atomic mass is 19.4. The van der Waals surface area contributed by atoms with Crippen LogP contribution in [-0.4, -0.2) is 68.0 Å². The third kappa shape index (κ3) is 5.03. The summed E-state index contributed by atoms with van der Waals surface area (Å²) in [6.45, 7) is 4.88. The Labute approximate surface area is 268 Å². The number of hydrazine groups is 1. The first-order chi connectivity index (χ1) is 22.3. The topological polar surface area (TPSA) is 121 Å². The summed E-state index contributed by atoms with van der Waals surface area (Å²) in [5.74, 6) is 4.89. The van der Waals surface area contributed by atoms with Gasteiger partial charge in [-0.05, 0) is 43.0 Å². The molecule has 0 aliphatic carbocycles. The zero-order valence-corrected chi connectivity index (χ0v) is 26.6. The van der Waals surface area contributed by atoms with E-state index in [4.69, 9.17) is 11.6 Å². The fraction of sp³-hybridized carbons (Fsp3) is 0.406.